The number of hydrazone groups is 1. The SMILES string of the molecule is C/C(=N\N(C)S(=O)(=O)c1ccc(C)cc1)[C@@H]1[C@@H](c2ccccc2Br)N1S(=O)(=O)c1ccc([N+](=O)[O-])cc1. The van der Waals surface area contributed by atoms with E-state index in [1.807, 2.05) is 6.92 Å². The summed E-state index contributed by atoms with van der Waals surface area (Å²) in [6, 6.07) is 16.6. The molecule has 0 bridgehead atoms. The number of hydrogen-bond acceptors (Lipinski definition) is 7. The molecule has 1 saturated heterocycles. The Labute approximate surface area is 223 Å². The molecule has 3 aromatic rings. The lowest BCUT2D eigenvalue weighted by molar-refractivity contribution is -0.384. The molecule has 1 fully saturated rings. The van der Waals surface area contributed by atoms with Crippen molar-refractivity contribution in [2.45, 2.75) is 35.7 Å². The number of nitro groups is 1. The van der Waals surface area contributed by atoms with Crippen molar-refractivity contribution in [2.75, 3.05) is 7.05 Å². The van der Waals surface area contributed by atoms with Crippen LogP contribution in [0.5, 0.6) is 0 Å². The van der Waals surface area contributed by atoms with E-state index in [1.54, 1.807) is 43.3 Å². The fourth-order valence-electron chi connectivity index (χ4n) is 4.00. The summed E-state index contributed by atoms with van der Waals surface area (Å²) < 4.78 is 56.0. The Balaban J connectivity index is 1.72. The summed E-state index contributed by atoms with van der Waals surface area (Å²) in [5, 5.41) is 15.3. The fourth-order valence-corrected chi connectivity index (χ4v) is 7.31. The van der Waals surface area contributed by atoms with Gasteiger partial charge < -0.3 is 0 Å². The molecule has 1 unspecified atom stereocenters. The van der Waals surface area contributed by atoms with Crippen LogP contribution in [0, 0.1) is 17.0 Å². The number of halogens is 1. The first kappa shape index (κ1) is 26.9. The van der Waals surface area contributed by atoms with E-state index >= 15 is 0 Å². The molecule has 0 saturated carbocycles. The van der Waals surface area contributed by atoms with Gasteiger partial charge >= 0.3 is 0 Å². The molecule has 10 nitrogen and oxygen atoms in total. The number of nitrogens with zero attached hydrogens (tertiary/aromatic N) is 4. The molecule has 13 heteroatoms. The lowest BCUT2D eigenvalue weighted by Crippen LogP contribution is -2.25. The van der Waals surface area contributed by atoms with Gasteiger partial charge in [-0.05, 0) is 49.7 Å². The molecule has 0 N–H and O–H groups in total. The Kier molecular flexibility index (Phi) is 7.25. The van der Waals surface area contributed by atoms with Crippen LogP contribution in [0.1, 0.15) is 24.1 Å². The van der Waals surface area contributed by atoms with Crippen molar-refractivity contribution in [1.29, 1.82) is 0 Å². The highest BCUT2D eigenvalue weighted by Crippen LogP contribution is 2.50. The van der Waals surface area contributed by atoms with Crippen LogP contribution in [-0.2, 0) is 20.0 Å². The molecular weight excluding hydrogens is 584 g/mol. The maximum Gasteiger partial charge on any atom is 0.278 e. The zero-order valence-corrected chi connectivity index (χ0v) is 23.2. The quantitative estimate of drug-likeness (QED) is 0.161. The number of benzene rings is 3. The zero-order valence-electron chi connectivity index (χ0n) is 20.0. The number of aryl methyl sites for hydroxylation is 1. The Morgan fingerprint density at radius 3 is 2.11 bits per heavy atom. The van der Waals surface area contributed by atoms with E-state index in [2.05, 4.69) is 21.0 Å². The van der Waals surface area contributed by atoms with Gasteiger partial charge in [0.25, 0.3) is 15.7 Å². The molecule has 0 aromatic heterocycles. The summed E-state index contributed by atoms with van der Waals surface area (Å²) >= 11 is 3.47. The van der Waals surface area contributed by atoms with Gasteiger partial charge in [-0.1, -0.05) is 51.8 Å². The van der Waals surface area contributed by atoms with Crippen LogP contribution in [0.4, 0.5) is 5.69 Å². The summed E-state index contributed by atoms with van der Waals surface area (Å²) in [6.45, 7) is 3.42. The molecular formula is C24H23BrN4O6S2. The van der Waals surface area contributed by atoms with Crippen molar-refractivity contribution in [2.24, 2.45) is 5.10 Å². The van der Waals surface area contributed by atoms with Gasteiger partial charge in [-0.2, -0.15) is 22.2 Å². The van der Waals surface area contributed by atoms with Crippen LogP contribution in [-0.4, -0.2) is 49.3 Å². The molecule has 1 heterocycles. The maximum atomic E-state index is 13.6. The highest BCUT2D eigenvalue weighted by molar-refractivity contribution is 9.10. The lowest BCUT2D eigenvalue weighted by Gasteiger charge is -2.15. The Hall–Kier alpha value is -3.13. The Bertz CT molecular complexity index is 1590. The van der Waals surface area contributed by atoms with Crippen LogP contribution in [0.2, 0.25) is 0 Å². The summed E-state index contributed by atoms with van der Waals surface area (Å²) in [4.78, 5) is 10.3. The largest absolute Gasteiger partial charge is 0.278 e. The lowest BCUT2D eigenvalue weighted by atomic mass is 10.1. The molecule has 1 aliphatic rings. The topological polar surface area (TPSA) is 130 Å². The molecule has 4 rings (SSSR count). The van der Waals surface area contributed by atoms with Crippen molar-refractivity contribution < 1.29 is 21.8 Å². The van der Waals surface area contributed by atoms with Gasteiger partial charge in [-0.3, -0.25) is 10.1 Å². The van der Waals surface area contributed by atoms with Crippen molar-refractivity contribution in [1.82, 2.24) is 8.72 Å². The maximum absolute atomic E-state index is 13.6. The van der Waals surface area contributed by atoms with Gasteiger partial charge in [0, 0.05) is 23.7 Å². The molecule has 3 atom stereocenters. The normalized spacial score (nSPS) is 19.9. The number of non-ortho nitro benzene ring substituents is 1. The van der Waals surface area contributed by atoms with E-state index in [9.17, 15) is 26.9 Å². The Morgan fingerprint density at radius 1 is 0.973 bits per heavy atom. The van der Waals surface area contributed by atoms with Gasteiger partial charge in [0.15, 0.2) is 0 Å². The zero-order chi connectivity index (χ0) is 27.1. The second-order valence-electron chi connectivity index (χ2n) is 8.49. The van der Waals surface area contributed by atoms with Crippen molar-refractivity contribution in [3.8, 4) is 0 Å². The molecule has 1 aliphatic heterocycles. The first-order valence-electron chi connectivity index (χ1n) is 11.0. The van der Waals surface area contributed by atoms with Gasteiger partial charge in [0.2, 0.25) is 10.0 Å². The third-order valence-electron chi connectivity index (χ3n) is 6.00. The number of hydrogen-bond donors (Lipinski definition) is 0. The van der Waals surface area contributed by atoms with Crippen LogP contribution >= 0.6 is 15.9 Å². The Morgan fingerprint density at radius 2 is 1.54 bits per heavy atom. The van der Waals surface area contributed by atoms with Crippen molar-refractivity contribution in [3.63, 3.8) is 0 Å². The first-order chi connectivity index (χ1) is 17.4. The van der Waals surface area contributed by atoms with Crippen LogP contribution < -0.4 is 0 Å². The first-order valence-corrected chi connectivity index (χ1v) is 14.7. The van der Waals surface area contributed by atoms with Gasteiger partial charge in [0.1, 0.15) is 0 Å². The van der Waals surface area contributed by atoms with Gasteiger partial charge in [-0.25, -0.2) is 8.42 Å². The minimum absolute atomic E-state index is 0.0608. The van der Waals surface area contributed by atoms with Crippen molar-refractivity contribution in [3.05, 3.63) is 98.5 Å². The fraction of sp³-hybridized carbons (Fsp3) is 0.208. The molecule has 194 valence electrons. The van der Waals surface area contributed by atoms with E-state index < -0.39 is 37.1 Å². The van der Waals surface area contributed by atoms with E-state index in [-0.39, 0.29) is 21.2 Å². The third-order valence-corrected chi connectivity index (χ3v) is 10.2. The van der Waals surface area contributed by atoms with E-state index in [0.717, 1.165) is 22.1 Å². The summed E-state index contributed by atoms with van der Waals surface area (Å²) in [5.74, 6) is 0. The summed E-state index contributed by atoms with van der Waals surface area (Å²) in [7, 11) is -6.77. The highest BCUT2D eigenvalue weighted by atomic mass is 79.9. The average molecular weight is 608 g/mol. The van der Waals surface area contributed by atoms with E-state index in [0.29, 0.717) is 10.0 Å². The number of rotatable bonds is 8. The number of nitro benzene ring substituents is 1. The second-order valence-corrected chi connectivity index (χ2v) is 13.1. The highest BCUT2D eigenvalue weighted by Gasteiger charge is 2.58. The third kappa shape index (κ3) is 5.17. The second kappa shape index (κ2) is 9.97. The standard InChI is InChI=1S/C24H23BrN4O6S2/c1-16-8-12-19(13-9-16)36(32,33)27(3)26-17(2)23-24(21-6-4-5-7-22(21)25)28(23)37(34,35)20-14-10-18(11-15-20)29(30)31/h4-15,23-24H,1-3H3/b26-17+/t23-,24-,28?/m1/s1. The molecule has 3 aromatic carbocycles. The van der Waals surface area contributed by atoms with E-state index in [1.165, 1.54) is 35.6 Å². The molecule has 0 radical (unpaired) electrons. The summed E-state index contributed by atoms with van der Waals surface area (Å²) in [5.41, 5.74) is 1.62. The molecule has 0 spiro atoms. The van der Waals surface area contributed by atoms with E-state index in [4.69, 9.17) is 0 Å². The smallest absolute Gasteiger partial charge is 0.258 e. The molecule has 0 aliphatic carbocycles. The minimum atomic E-state index is -4.10. The molecule has 37 heavy (non-hydrogen) atoms. The average Bonchev–Trinajstić information content (AvgIpc) is 3.61. The minimum Gasteiger partial charge on any atom is -0.258 e. The van der Waals surface area contributed by atoms with Crippen LogP contribution in [0.25, 0.3) is 0 Å². The predicted molar refractivity (Wildman–Crippen MR) is 142 cm³/mol. The van der Waals surface area contributed by atoms with Crippen molar-refractivity contribution >= 4 is 47.4 Å². The van der Waals surface area contributed by atoms with Gasteiger partial charge in [-0.15, -0.1) is 0 Å². The van der Waals surface area contributed by atoms with Crippen LogP contribution in [0.3, 0.4) is 0 Å². The monoisotopic (exact) mass is 606 g/mol. The molecule has 0 amide bonds. The summed E-state index contributed by atoms with van der Waals surface area (Å²) in [6.07, 6.45) is 0. The van der Waals surface area contributed by atoms with Gasteiger partial charge in [0.05, 0.1) is 32.5 Å². The van der Waals surface area contributed by atoms with Crippen LogP contribution in [0.15, 0.2) is 92.2 Å². The predicted octanol–water partition coefficient (Wildman–Crippen LogP) is 4.48. The number of sulfonamides is 2.